The Morgan fingerprint density at radius 1 is 1.25 bits per heavy atom. The van der Waals surface area contributed by atoms with Crippen molar-refractivity contribution in [2.45, 2.75) is 38.7 Å². The first-order valence-corrected chi connectivity index (χ1v) is 10.1. The summed E-state index contributed by atoms with van der Waals surface area (Å²) in [5.41, 5.74) is 8.57. The number of amides is 1. The fourth-order valence-corrected chi connectivity index (χ4v) is 3.72. The van der Waals surface area contributed by atoms with Crippen LogP contribution in [0.15, 0.2) is 36.1 Å². The van der Waals surface area contributed by atoms with Gasteiger partial charge in [-0.05, 0) is 42.9 Å². The highest BCUT2D eigenvalue weighted by Gasteiger charge is 2.07. The second-order valence-corrected chi connectivity index (χ2v) is 7.41. The molecule has 1 aromatic carbocycles. The average Bonchev–Trinajstić information content (AvgIpc) is 3.35. The molecule has 2 aromatic heterocycles. The lowest BCUT2D eigenvalue weighted by atomic mass is 10.0. The van der Waals surface area contributed by atoms with Crippen molar-refractivity contribution < 1.29 is 13.9 Å². The molecule has 0 aliphatic rings. The Labute approximate surface area is 167 Å². The van der Waals surface area contributed by atoms with Gasteiger partial charge in [-0.15, -0.1) is 11.3 Å². The van der Waals surface area contributed by atoms with Gasteiger partial charge in [-0.3, -0.25) is 4.79 Å². The Kier molecular flexibility index (Phi) is 7.27. The van der Waals surface area contributed by atoms with Crippen LogP contribution in [0.5, 0.6) is 0 Å². The summed E-state index contributed by atoms with van der Waals surface area (Å²) < 4.78 is 19.2. The lowest BCUT2D eigenvalue weighted by Gasteiger charge is -2.07. The third kappa shape index (κ3) is 5.97. The number of halogens is 1. The molecule has 0 radical (unpaired) electrons. The molecule has 0 aliphatic heterocycles. The molecule has 1 amide bonds. The van der Waals surface area contributed by atoms with E-state index in [0.29, 0.717) is 12.0 Å². The molecule has 28 heavy (non-hydrogen) atoms. The fraction of sp³-hybridized carbons (Fsp3) is 0.350. The number of aryl methyl sites for hydroxylation is 2. The van der Waals surface area contributed by atoms with Gasteiger partial charge in [0, 0.05) is 5.38 Å². The number of carbonyl (C=O) groups excluding carboxylic acids is 1. The van der Waals surface area contributed by atoms with Gasteiger partial charge in [-0.2, -0.15) is 0 Å². The van der Waals surface area contributed by atoms with E-state index >= 15 is 0 Å². The van der Waals surface area contributed by atoms with Crippen molar-refractivity contribution in [3.8, 4) is 10.7 Å². The number of H-pyrrole nitrogens is 1. The molecule has 0 saturated heterocycles. The molecule has 3 rings (SSSR count). The Bertz CT molecular complexity index is 896. The number of thiazole rings is 1. The lowest BCUT2D eigenvalue weighted by Crippen LogP contribution is -2.17. The first-order valence-electron chi connectivity index (χ1n) is 9.18. The average molecular weight is 402 g/mol. The van der Waals surface area contributed by atoms with Crippen LogP contribution >= 0.6 is 11.3 Å². The molecule has 3 aromatic rings. The molecule has 148 valence electrons. The normalized spacial score (nSPS) is 11.0. The number of rotatable bonds is 11. The molecule has 2 heterocycles. The van der Waals surface area contributed by atoms with E-state index in [1.807, 2.05) is 0 Å². The zero-order valence-electron chi connectivity index (χ0n) is 15.5. The summed E-state index contributed by atoms with van der Waals surface area (Å²) >= 11 is 1.61. The SMILES string of the molecule is NC(=O)COCc1ccc(F)c(CCCCCc2csc(-c3cnc[nH]3)n2)c1. The standard InChI is InChI=1S/C20H23FN4O2S/c21-17-7-6-14(10-27-11-19(22)26)8-15(17)4-2-1-3-5-16-12-28-20(25-16)18-9-23-13-24-18/h6-9,12-13H,1-5,10-11H2,(H2,22,26)(H,23,24). The molecule has 3 N–H and O–H groups in total. The minimum Gasteiger partial charge on any atom is -0.368 e. The number of benzene rings is 1. The summed E-state index contributed by atoms with van der Waals surface area (Å²) in [5, 5.41) is 3.02. The molecule has 0 unspecified atom stereocenters. The minimum absolute atomic E-state index is 0.134. The fourth-order valence-electron chi connectivity index (χ4n) is 2.90. The van der Waals surface area contributed by atoms with Crippen molar-refractivity contribution in [1.82, 2.24) is 15.0 Å². The van der Waals surface area contributed by atoms with E-state index in [2.05, 4.69) is 20.3 Å². The van der Waals surface area contributed by atoms with Crippen LogP contribution in [-0.2, 0) is 29.0 Å². The summed E-state index contributed by atoms with van der Waals surface area (Å²) in [5.74, 6) is -0.721. The predicted octanol–water partition coefficient (Wildman–Crippen LogP) is 3.63. The van der Waals surface area contributed by atoms with E-state index < -0.39 is 5.91 Å². The van der Waals surface area contributed by atoms with Gasteiger partial charge >= 0.3 is 0 Å². The van der Waals surface area contributed by atoms with Gasteiger partial charge in [0.2, 0.25) is 5.91 Å². The smallest absolute Gasteiger partial charge is 0.243 e. The maximum Gasteiger partial charge on any atom is 0.243 e. The molecule has 6 nitrogen and oxygen atoms in total. The number of nitrogens with two attached hydrogens (primary N) is 1. The van der Waals surface area contributed by atoms with Gasteiger partial charge in [0.05, 0.1) is 30.5 Å². The van der Waals surface area contributed by atoms with E-state index in [1.54, 1.807) is 36.0 Å². The quantitative estimate of drug-likeness (QED) is 0.479. The van der Waals surface area contributed by atoms with E-state index in [0.717, 1.165) is 47.6 Å². The summed E-state index contributed by atoms with van der Waals surface area (Å²) in [4.78, 5) is 22.4. The topological polar surface area (TPSA) is 93.9 Å². The predicted molar refractivity (Wildman–Crippen MR) is 106 cm³/mol. The van der Waals surface area contributed by atoms with Crippen LogP contribution in [0, 0.1) is 5.82 Å². The molecular formula is C20H23FN4O2S. The van der Waals surface area contributed by atoms with Crippen LogP contribution < -0.4 is 5.73 Å². The number of aromatic amines is 1. The van der Waals surface area contributed by atoms with Crippen molar-refractivity contribution in [1.29, 1.82) is 0 Å². The molecule has 0 spiro atoms. The Balaban J connectivity index is 1.40. The number of carbonyl (C=O) groups is 1. The number of nitrogens with one attached hydrogen (secondary N) is 1. The summed E-state index contributed by atoms with van der Waals surface area (Å²) in [6.07, 6.45) is 7.91. The maximum atomic E-state index is 14.0. The third-order valence-electron chi connectivity index (χ3n) is 4.28. The van der Waals surface area contributed by atoms with Gasteiger partial charge in [-0.1, -0.05) is 18.6 Å². The monoisotopic (exact) mass is 402 g/mol. The second kappa shape index (κ2) is 10.1. The van der Waals surface area contributed by atoms with Gasteiger partial charge in [0.25, 0.3) is 0 Å². The van der Waals surface area contributed by atoms with E-state index in [1.165, 1.54) is 6.07 Å². The highest BCUT2D eigenvalue weighted by atomic mass is 32.1. The number of aromatic nitrogens is 3. The summed E-state index contributed by atoms with van der Waals surface area (Å²) in [6, 6.07) is 4.91. The first-order chi connectivity index (χ1) is 13.6. The summed E-state index contributed by atoms with van der Waals surface area (Å²) in [6.45, 7) is 0.115. The van der Waals surface area contributed by atoms with Gasteiger partial charge in [-0.25, -0.2) is 14.4 Å². The Hall–Kier alpha value is -2.58. The van der Waals surface area contributed by atoms with Gasteiger partial charge < -0.3 is 15.5 Å². The van der Waals surface area contributed by atoms with E-state index in [4.69, 9.17) is 10.5 Å². The molecule has 0 saturated carbocycles. The zero-order chi connectivity index (χ0) is 19.8. The molecule has 0 bridgehead atoms. The van der Waals surface area contributed by atoms with Gasteiger partial charge in [0.15, 0.2) is 0 Å². The molecule has 8 heteroatoms. The Morgan fingerprint density at radius 3 is 2.89 bits per heavy atom. The van der Waals surface area contributed by atoms with Crippen molar-refractivity contribution in [2.24, 2.45) is 5.73 Å². The number of primary amides is 1. The number of hydrogen-bond acceptors (Lipinski definition) is 5. The van der Waals surface area contributed by atoms with Crippen LogP contribution in [0.1, 0.15) is 36.1 Å². The summed E-state index contributed by atoms with van der Waals surface area (Å²) in [7, 11) is 0. The van der Waals surface area contributed by atoms with Crippen molar-refractivity contribution in [3.63, 3.8) is 0 Å². The molecular weight excluding hydrogens is 379 g/mol. The number of nitrogens with zero attached hydrogens (tertiary/aromatic N) is 2. The highest BCUT2D eigenvalue weighted by molar-refractivity contribution is 7.13. The largest absolute Gasteiger partial charge is 0.368 e. The number of unbranched alkanes of at least 4 members (excludes halogenated alkanes) is 2. The number of imidazole rings is 1. The van der Waals surface area contributed by atoms with Crippen LogP contribution in [0.2, 0.25) is 0 Å². The van der Waals surface area contributed by atoms with Crippen LogP contribution in [0.4, 0.5) is 4.39 Å². The number of ether oxygens (including phenoxy) is 1. The van der Waals surface area contributed by atoms with Crippen LogP contribution in [0.25, 0.3) is 10.7 Å². The van der Waals surface area contributed by atoms with E-state index in [-0.39, 0.29) is 19.0 Å². The lowest BCUT2D eigenvalue weighted by molar-refractivity contribution is -0.122. The van der Waals surface area contributed by atoms with Crippen LogP contribution in [0.3, 0.4) is 0 Å². The van der Waals surface area contributed by atoms with Crippen molar-refractivity contribution >= 4 is 17.2 Å². The minimum atomic E-state index is -0.515. The van der Waals surface area contributed by atoms with E-state index in [9.17, 15) is 9.18 Å². The van der Waals surface area contributed by atoms with Gasteiger partial charge in [0.1, 0.15) is 17.4 Å². The molecule has 0 fully saturated rings. The highest BCUT2D eigenvalue weighted by Crippen LogP contribution is 2.22. The third-order valence-corrected chi connectivity index (χ3v) is 5.21. The van der Waals surface area contributed by atoms with Crippen molar-refractivity contribution in [3.05, 3.63) is 58.7 Å². The second-order valence-electron chi connectivity index (χ2n) is 6.55. The number of hydrogen-bond donors (Lipinski definition) is 2. The van der Waals surface area contributed by atoms with Crippen LogP contribution in [-0.4, -0.2) is 27.5 Å². The molecule has 0 aliphatic carbocycles. The zero-order valence-corrected chi connectivity index (χ0v) is 16.3. The Morgan fingerprint density at radius 2 is 2.11 bits per heavy atom. The van der Waals surface area contributed by atoms with Crippen molar-refractivity contribution in [2.75, 3.05) is 6.61 Å². The maximum absolute atomic E-state index is 14.0. The first kappa shape index (κ1) is 20.2. The molecule has 0 atom stereocenters.